The van der Waals surface area contributed by atoms with E-state index in [1.165, 1.54) is 17.7 Å². The first-order chi connectivity index (χ1) is 8.43. The van der Waals surface area contributed by atoms with Crippen molar-refractivity contribution in [3.63, 3.8) is 0 Å². The molecule has 1 aliphatic rings. The molecule has 2 N–H and O–H groups in total. The summed E-state index contributed by atoms with van der Waals surface area (Å²) in [5.41, 5.74) is 0. The standard InChI is InChI=1S/C13H24N2O3/c1-4-11(7-10-5-6-10)14-13(18)15(3)8-9(2)12(16)17/h9-11H,4-8H2,1-3H3,(H,14,18)(H,16,17). The van der Waals surface area contributed by atoms with E-state index in [1.807, 2.05) is 0 Å². The molecule has 1 rings (SSSR count). The van der Waals surface area contributed by atoms with Gasteiger partial charge in [0.05, 0.1) is 5.92 Å². The highest BCUT2D eigenvalue weighted by molar-refractivity contribution is 5.75. The molecule has 0 heterocycles. The summed E-state index contributed by atoms with van der Waals surface area (Å²) in [5.74, 6) is -0.637. The molecule has 0 bridgehead atoms. The van der Waals surface area contributed by atoms with Crippen molar-refractivity contribution in [1.29, 1.82) is 0 Å². The van der Waals surface area contributed by atoms with Crippen molar-refractivity contribution in [1.82, 2.24) is 10.2 Å². The Hall–Kier alpha value is -1.26. The van der Waals surface area contributed by atoms with E-state index in [-0.39, 0.29) is 18.6 Å². The minimum absolute atomic E-state index is 0.171. The summed E-state index contributed by atoms with van der Waals surface area (Å²) < 4.78 is 0. The lowest BCUT2D eigenvalue weighted by atomic mass is 10.1. The Morgan fingerprint density at radius 3 is 2.50 bits per heavy atom. The molecule has 2 amide bonds. The Balaban J connectivity index is 2.34. The van der Waals surface area contributed by atoms with Crippen LogP contribution >= 0.6 is 0 Å². The molecule has 0 aromatic heterocycles. The summed E-state index contributed by atoms with van der Waals surface area (Å²) in [4.78, 5) is 24.1. The summed E-state index contributed by atoms with van der Waals surface area (Å²) >= 11 is 0. The van der Waals surface area contributed by atoms with Gasteiger partial charge in [-0.25, -0.2) is 4.79 Å². The third-order valence-electron chi connectivity index (χ3n) is 3.45. The maximum absolute atomic E-state index is 11.9. The number of carbonyl (C=O) groups excluding carboxylic acids is 1. The first-order valence-electron chi connectivity index (χ1n) is 6.68. The maximum Gasteiger partial charge on any atom is 0.317 e. The molecule has 2 atom stereocenters. The smallest absolute Gasteiger partial charge is 0.317 e. The van der Waals surface area contributed by atoms with Gasteiger partial charge in [0.25, 0.3) is 0 Å². The molecule has 1 aliphatic carbocycles. The fourth-order valence-electron chi connectivity index (χ4n) is 1.94. The highest BCUT2D eigenvalue weighted by Gasteiger charge is 2.26. The van der Waals surface area contributed by atoms with E-state index >= 15 is 0 Å². The second kappa shape index (κ2) is 6.61. The van der Waals surface area contributed by atoms with Crippen molar-refractivity contribution in [3.8, 4) is 0 Å². The van der Waals surface area contributed by atoms with Gasteiger partial charge in [-0.2, -0.15) is 0 Å². The van der Waals surface area contributed by atoms with Gasteiger partial charge in [-0.05, 0) is 18.8 Å². The van der Waals surface area contributed by atoms with Crippen LogP contribution in [0, 0.1) is 11.8 Å². The predicted octanol–water partition coefficient (Wildman–Crippen LogP) is 1.93. The fourth-order valence-corrected chi connectivity index (χ4v) is 1.94. The molecule has 104 valence electrons. The molecule has 5 nitrogen and oxygen atoms in total. The molecule has 5 heteroatoms. The van der Waals surface area contributed by atoms with E-state index in [1.54, 1.807) is 14.0 Å². The molecule has 0 aromatic carbocycles. The molecule has 18 heavy (non-hydrogen) atoms. The minimum atomic E-state index is -0.875. The van der Waals surface area contributed by atoms with Crippen molar-refractivity contribution < 1.29 is 14.7 Å². The average Bonchev–Trinajstić information content (AvgIpc) is 3.11. The van der Waals surface area contributed by atoms with Crippen molar-refractivity contribution in [3.05, 3.63) is 0 Å². The lowest BCUT2D eigenvalue weighted by molar-refractivity contribution is -0.141. The number of amides is 2. The number of hydrogen-bond donors (Lipinski definition) is 2. The van der Waals surface area contributed by atoms with Crippen LogP contribution in [0.15, 0.2) is 0 Å². The number of rotatable bonds is 7. The Bertz CT molecular complexity index is 303. The number of nitrogens with zero attached hydrogens (tertiary/aromatic N) is 1. The van der Waals surface area contributed by atoms with Gasteiger partial charge in [-0.3, -0.25) is 4.79 Å². The Morgan fingerprint density at radius 2 is 2.06 bits per heavy atom. The maximum atomic E-state index is 11.9. The Morgan fingerprint density at radius 1 is 1.44 bits per heavy atom. The van der Waals surface area contributed by atoms with Crippen LogP contribution in [0.25, 0.3) is 0 Å². The Kier molecular flexibility index (Phi) is 5.44. The third-order valence-corrected chi connectivity index (χ3v) is 3.45. The van der Waals surface area contributed by atoms with Crippen molar-refractivity contribution in [2.24, 2.45) is 11.8 Å². The fraction of sp³-hybridized carbons (Fsp3) is 0.846. The van der Waals surface area contributed by atoms with Crippen LogP contribution in [0.5, 0.6) is 0 Å². The van der Waals surface area contributed by atoms with Gasteiger partial charge >= 0.3 is 12.0 Å². The van der Waals surface area contributed by atoms with Crippen LogP contribution in [0.4, 0.5) is 4.79 Å². The molecule has 0 aromatic rings. The van der Waals surface area contributed by atoms with Crippen LogP contribution in [0.1, 0.15) is 39.5 Å². The predicted molar refractivity (Wildman–Crippen MR) is 69.4 cm³/mol. The van der Waals surface area contributed by atoms with Gasteiger partial charge in [0, 0.05) is 19.6 Å². The van der Waals surface area contributed by atoms with E-state index in [0.29, 0.717) is 0 Å². The van der Waals surface area contributed by atoms with Crippen LogP contribution < -0.4 is 5.32 Å². The molecule has 1 saturated carbocycles. The number of nitrogens with one attached hydrogen (secondary N) is 1. The van der Waals surface area contributed by atoms with Gasteiger partial charge in [0.1, 0.15) is 0 Å². The third kappa shape index (κ3) is 4.94. The van der Waals surface area contributed by atoms with Crippen molar-refractivity contribution in [2.75, 3.05) is 13.6 Å². The quantitative estimate of drug-likeness (QED) is 0.731. The van der Waals surface area contributed by atoms with Gasteiger partial charge in [0.2, 0.25) is 0 Å². The highest BCUT2D eigenvalue weighted by Crippen LogP contribution is 2.34. The number of carbonyl (C=O) groups is 2. The molecular formula is C13H24N2O3. The zero-order chi connectivity index (χ0) is 13.7. The monoisotopic (exact) mass is 256 g/mol. The second-order valence-electron chi connectivity index (χ2n) is 5.35. The lowest BCUT2D eigenvalue weighted by Gasteiger charge is -2.24. The van der Waals surface area contributed by atoms with Crippen LogP contribution in [0.2, 0.25) is 0 Å². The zero-order valence-corrected chi connectivity index (χ0v) is 11.5. The number of urea groups is 1. The largest absolute Gasteiger partial charge is 0.481 e. The highest BCUT2D eigenvalue weighted by atomic mass is 16.4. The zero-order valence-electron chi connectivity index (χ0n) is 11.5. The second-order valence-corrected chi connectivity index (χ2v) is 5.35. The topological polar surface area (TPSA) is 69.6 Å². The summed E-state index contributed by atoms with van der Waals surface area (Å²) in [5, 5.41) is 11.8. The molecule has 0 aliphatic heterocycles. The van der Waals surface area contributed by atoms with E-state index in [4.69, 9.17) is 5.11 Å². The number of hydrogen-bond acceptors (Lipinski definition) is 2. The number of carboxylic acid groups (broad SMARTS) is 1. The summed E-state index contributed by atoms with van der Waals surface area (Å²) in [6.07, 6.45) is 4.52. The Labute approximate surface area is 109 Å². The SMILES string of the molecule is CCC(CC1CC1)NC(=O)N(C)CC(C)C(=O)O. The normalized spacial score (nSPS) is 17.9. The van der Waals surface area contributed by atoms with E-state index < -0.39 is 11.9 Å². The van der Waals surface area contributed by atoms with Crippen molar-refractivity contribution >= 4 is 12.0 Å². The molecular weight excluding hydrogens is 232 g/mol. The molecule has 0 radical (unpaired) electrons. The number of aliphatic carboxylic acids is 1. The first kappa shape index (κ1) is 14.8. The van der Waals surface area contributed by atoms with Gasteiger partial charge in [-0.15, -0.1) is 0 Å². The van der Waals surface area contributed by atoms with Gasteiger partial charge in [-0.1, -0.05) is 26.7 Å². The van der Waals surface area contributed by atoms with E-state index in [2.05, 4.69) is 12.2 Å². The summed E-state index contributed by atoms with van der Waals surface area (Å²) in [6, 6.07) is 0.0446. The van der Waals surface area contributed by atoms with E-state index in [0.717, 1.165) is 18.8 Å². The van der Waals surface area contributed by atoms with Crippen LogP contribution in [0.3, 0.4) is 0 Å². The minimum Gasteiger partial charge on any atom is -0.481 e. The van der Waals surface area contributed by atoms with E-state index in [9.17, 15) is 9.59 Å². The molecule has 0 spiro atoms. The molecule has 2 unspecified atom stereocenters. The summed E-state index contributed by atoms with van der Waals surface area (Å²) in [6.45, 7) is 3.90. The first-order valence-corrected chi connectivity index (χ1v) is 6.68. The van der Waals surface area contributed by atoms with Crippen molar-refractivity contribution in [2.45, 2.75) is 45.6 Å². The van der Waals surface area contributed by atoms with Crippen LogP contribution in [-0.4, -0.2) is 41.6 Å². The average molecular weight is 256 g/mol. The van der Waals surface area contributed by atoms with Gasteiger partial charge in [0.15, 0.2) is 0 Å². The summed E-state index contributed by atoms with van der Waals surface area (Å²) in [7, 11) is 1.64. The molecule has 1 fully saturated rings. The van der Waals surface area contributed by atoms with Gasteiger partial charge < -0.3 is 15.3 Å². The molecule has 0 saturated heterocycles. The number of carboxylic acids is 1. The van der Waals surface area contributed by atoms with Crippen LogP contribution in [-0.2, 0) is 4.79 Å². The lowest BCUT2D eigenvalue weighted by Crippen LogP contribution is -2.45.